The van der Waals surface area contributed by atoms with Crippen molar-refractivity contribution in [3.05, 3.63) is 0 Å². The Balaban J connectivity index is 0.000000261. The highest BCUT2D eigenvalue weighted by molar-refractivity contribution is 7.83. The van der Waals surface area contributed by atoms with Gasteiger partial charge < -0.3 is 4.79 Å². The zero-order valence-corrected chi connectivity index (χ0v) is 8.76. The van der Waals surface area contributed by atoms with Gasteiger partial charge in [-0.25, -0.2) is 0 Å². The van der Waals surface area contributed by atoms with Crippen LogP contribution in [0.2, 0.25) is 0 Å². The van der Waals surface area contributed by atoms with Gasteiger partial charge in [0.25, 0.3) is 0 Å². The van der Waals surface area contributed by atoms with Crippen LogP contribution in [0.1, 0.15) is 12.8 Å². The maximum Gasteiger partial charge on any atom is 0.137 e. The molecular formula is C8H17NO2S. The van der Waals surface area contributed by atoms with E-state index in [1.54, 1.807) is 12.5 Å². The standard InChI is InChI=1S/C6H11NO.C2H6OS/c1-7-4-2-3-6(7)5-8;1-4(2)3/h5-6H,2-4H2,1H3;1-2H3/t6-;/m1./s1. The topological polar surface area (TPSA) is 37.4 Å². The third-order valence-corrected chi connectivity index (χ3v) is 1.73. The molecule has 1 heterocycles. The summed E-state index contributed by atoms with van der Waals surface area (Å²) in [6, 6.07) is 0.218. The lowest BCUT2D eigenvalue weighted by atomic mass is 10.2. The van der Waals surface area contributed by atoms with Crippen LogP contribution in [0.3, 0.4) is 0 Å². The summed E-state index contributed by atoms with van der Waals surface area (Å²) in [6.07, 6.45) is 6.55. The summed E-state index contributed by atoms with van der Waals surface area (Å²) in [6.45, 7) is 1.09. The molecular weight excluding hydrogens is 174 g/mol. The average Bonchev–Trinajstić information content (AvgIpc) is 2.33. The Kier molecular flexibility index (Phi) is 6.20. The maximum atomic E-state index is 10.2. The van der Waals surface area contributed by atoms with Gasteiger partial charge >= 0.3 is 0 Å². The van der Waals surface area contributed by atoms with Crippen molar-refractivity contribution in [3.63, 3.8) is 0 Å². The molecule has 0 aromatic carbocycles. The van der Waals surface area contributed by atoms with E-state index in [1.165, 1.54) is 6.42 Å². The summed E-state index contributed by atoms with van der Waals surface area (Å²) >= 11 is 0. The molecule has 1 aliphatic rings. The van der Waals surface area contributed by atoms with Gasteiger partial charge in [0, 0.05) is 23.3 Å². The first-order valence-corrected chi connectivity index (χ1v) is 5.95. The molecule has 0 saturated carbocycles. The number of rotatable bonds is 1. The lowest BCUT2D eigenvalue weighted by molar-refractivity contribution is -0.111. The molecule has 0 unspecified atom stereocenters. The molecule has 0 aromatic heterocycles. The molecule has 1 aliphatic heterocycles. The largest absolute Gasteiger partial charge is 0.302 e. The first-order valence-electron chi connectivity index (χ1n) is 3.98. The first-order chi connectivity index (χ1) is 5.57. The Morgan fingerprint density at radius 2 is 2.00 bits per heavy atom. The van der Waals surface area contributed by atoms with Crippen molar-refractivity contribution >= 4 is 17.1 Å². The molecule has 0 aliphatic carbocycles. The fraction of sp³-hybridized carbons (Fsp3) is 0.875. The van der Waals surface area contributed by atoms with Crippen LogP contribution < -0.4 is 0 Å². The summed E-state index contributed by atoms with van der Waals surface area (Å²) in [4.78, 5) is 12.3. The van der Waals surface area contributed by atoms with Crippen LogP contribution in [0.4, 0.5) is 0 Å². The number of aldehydes is 1. The molecule has 1 rings (SSSR count). The third-order valence-electron chi connectivity index (χ3n) is 1.73. The van der Waals surface area contributed by atoms with Crippen molar-refractivity contribution in [2.45, 2.75) is 18.9 Å². The first kappa shape index (κ1) is 11.8. The average molecular weight is 191 g/mol. The Morgan fingerprint density at radius 1 is 1.50 bits per heavy atom. The zero-order chi connectivity index (χ0) is 9.56. The normalized spacial score (nSPS) is 23.5. The Labute approximate surface area is 76.6 Å². The predicted molar refractivity (Wildman–Crippen MR) is 51.7 cm³/mol. The zero-order valence-electron chi connectivity index (χ0n) is 7.95. The minimum absolute atomic E-state index is 0.218. The molecule has 0 N–H and O–H groups in total. The smallest absolute Gasteiger partial charge is 0.137 e. The lowest BCUT2D eigenvalue weighted by Crippen LogP contribution is -2.25. The molecule has 4 heteroatoms. The van der Waals surface area contributed by atoms with Gasteiger partial charge in [-0.3, -0.25) is 9.11 Å². The Morgan fingerprint density at radius 3 is 2.17 bits per heavy atom. The van der Waals surface area contributed by atoms with Gasteiger partial charge in [-0.2, -0.15) is 0 Å². The lowest BCUT2D eigenvalue weighted by Gasteiger charge is -2.10. The highest BCUT2D eigenvalue weighted by Crippen LogP contribution is 2.11. The molecule has 0 spiro atoms. The van der Waals surface area contributed by atoms with Gasteiger partial charge in [-0.05, 0) is 26.4 Å². The molecule has 12 heavy (non-hydrogen) atoms. The minimum Gasteiger partial charge on any atom is -0.302 e. The van der Waals surface area contributed by atoms with E-state index in [9.17, 15) is 9.00 Å². The van der Waals surface area contributed by atoms with Gasteiger partial charge in [0.05, 0.1) is 6.04 Å². The minimum atomic E-state index is -0.611. The van der Waals surface area contributed by atoms with Crippen LogP contribution in [0, 0.1) is 0 Å². The van der Waals surface area contributed by atoms with Gasteiger partial charge in [0.15, 0.2) is 0 Å². The van der Waals surface area contributed by atoms with E-state index in [4.69, 9.17) is 0 Å². The van der Waals surface area contributed by atoms with Crippen molar-refractivity contribution in [2.24, 2.45) is 0 Å². The second-order valence-corrected chi connectivity index (χ2v) is 4.55. The van der Waals surface area contributed by atoms with Crippen molar-refractivity contribution < 1.29 is 9.00 Å². The highest BCUT2D eigenvalue weighted by Gasteiger charge is 2.18. The van der Waals surface area contributed by atoms with Crippen molar-refractivity contribution in [3.8, 4) is 0 Å². The summed E-state index contributed by atoms with van der Waals surface area (Å²) in [5.74, 6) is 0. The quantitative estimate of drug-likeness (QED) is 0.558. The van der Waals surface area contributed by atoms with Crippen LogP contribution in [-0.2, 0) is 15.6 Å². The van der Waals surface area contributed by atoms with Crippen LogP contribution >= 0.6 is 0 Å². The Hall–Kier alpha value is -0.220. The van der Waals surface area contributed by atoms with Gasteiger partial charge in [0.1, 0.15) is 6.29 Å². The second kappa shape index (κ2) is 6.31. The number of carbonyl (C=O) groups excluding carboxylic acids is 1. The van der Waals surface area contributed by atoms with E-state index in [0.29, 0.717) is 0 Å². The van der Waals surface area contributed by atoms with E-state index in [-0.39, 0.29) is 6.04 Å². The fourth-order valence-corrected chi connectivity index (χ4v) is 1.11. The number of hydrogen-bond acceptors (Lipinski definition) is 3. The van der Waals surface area contributed by atoms with Crippen LogP contribution in [0.5, 0.6) is 0 Å². The molecule has 1 atom stereocenters. The molecule has 0 radical (unpaired) electrons. The monoisotopic (exact) mass is 191 g/mol. The molecule has 1 saturated heterocycles. The van der Waals surface area contributed by atoms with E-state index in [0.717, 1.165) is 19.3 Å². The maximum absolute atomic E-state index is 10.2. The van der Waals surface area contributed by atoms with E-state index < -0.39 is 10.8 Å². The molecule has 1 fully saturated rings. The summed E-state index contributed by atoms with van der Waals surface area (Å²) in [7, 11) is 1.38. The number of carbonyl (C=O) groups is 1. The van der Waals surface area contributed by atoms with Crippen LogP contribution in [0.15, 0.2) is 0 Å². The molecule has 3 nitrogen and oxygen atoms in total. The third kappa shape index (κ3) is 5.43. The van der Waals surface area contributed by atoms with Crippen LogP contribution in [0.25, 0.3) is 0 Å². The number of hydrogen-bond donors (Lipinski definition) is 0. The molecule has 0 amide bonds. The summed E-state index contributed by atoms with van der Waals surface area (Å²) in [5, 5.41) is 0. The molecule has 0 bridgehead atoms. The van der Waals surface area contributed by atoms with E-state index in [1.807, 2.05) is 7.05 Å². The SMILES string of the molecule is CN1CCC[C@@H]1C=O.CS(C)=O. The number of likely N-dealkylation sites (N-methyl/N-ethyl adjacent to an activating group) is 1. The highest BCUT2D eigenvalue weighted by atomic mass is 32.2. The van der Waals surface area contributed by atoms with Crippen molar-refractivity contribution in [1.29, 1.82) is 0 Å². The summed E-state index contributed by atoms with van der Waals surface area (Å²) in [5.41, 5.74) is 0. The van der Waals surface area contributed by atoms with Gasteiger partial charge in [-0.1, -0.05) is 0 Å². The fourth-order valence-electron chi connectivity index (χ4n) is 1.11. The van der Waals surface area contributed by atoms with Gasteiger partial charge in [-0.15, -0.1) is 0 Å². The van der Waals surface area contributed by atoms with E-state index >= 15 is 0 Å². The van der Waals surface area contributed by atoms with Crippen molar-refractivity contribution in [1.82, 2.24) is 4.90 Å². The number of nitrogens with zero attached hydrogens (tertiary/aromatic N) is 1. The van der Waals surface area contributed by atoms with Gasteiger partial charge in [0.2, 0.25) is 0 Å². The summed E-state index contributed by atoms with van der Waals surface area (Å²) < 4.78 is 9.56. The van der Waals surface area contributed by atoms with Crippen LogP contribution in [-0.4, -0.2) is 47.5 Å². The number of likely N-dealkylation sites (tertiary alicyclic amines) is 1. The second-order valence-electron chi connectivity index (χ2n) is 3.07. The Bertz CT molecular complexity index is 157. The predicted octanol–water partition coefficient (Wildman–Crippen LogP) is 0.274. The van der Waals surface area contributed by atoms with E-state index in [2.05, 4.69) is 4.90 Å². The molecule has 72 valence electrons. The molecule has 0 aromatic rings. The van der Waals surface area contributed by atoms with Crippen molar-refractivity contribution in [2.75, 3.05) is 26.1 Å².